The summed E-state index contributed by atoms with van der Waals surface area (Å²) in [6.07, 6.45) is 2.74. The summed E-state index contributed by atoms with van der Waals surface area (Å²) in [5.74, 6) is 0.680. The Balaban J connectivity index is 1.76. The highest BCUT2D eigenvalue weighted by atomic mass is 35.5. The molecule has 0 atom stereocenters. The highest BCUT2D eigenvalue weighted by Crippen LogP contribution is 2.20. The molecule has 20 heavy (non-hydrogen) atoms. The van der Waals surface area contributed by atoms with E-state index in [1.807, 2.05) is 0 Å². The Kier molecular flexibility index (Phi) is 4.28. The molecule has 4 heteroatoms. The predicted octanol–water partition coefficient (Wildman–Crippen LogP) is 4.45. The number of benzene rings is 2. The molecule has 2 aromatic carbocycles. The SMILES string of the molecule is ClCCCc1nnc(Cc2ccc3ccccc3c2)s1. The first-order chi connectivity index (χ1) is 9.85. The van der Waals surface area contributed by atoms with Gasteiger partial charge in [0.2, 0.25) is 0 Å². The smallest absolute Gasteiger partial charge is 0.121 e. The van der Waals surface area contributed by atoms with Gasteiger partial charge in [0.1, 0.15) is 10.0 Å². The van der Waals surface area contributed by atoms with Crippen molar-refractivity contribution in [2.75, 3.05) is 5.88 Å². The van der Waals surface area contributed by atoms with E-state index in [-0.39, 0.29) is 0 Å². The lowest BCUT2D eigenvalue weighted by atomic mass is 10.1. The number of rotatable bonds is 5. The molecule has 0 amide bonds. The molecule has 0 bridgehead atoms. The van der Waals surface area contributed by atoms with E-state index < -0.39 is 0 Å². The quantitative estimate of drug-likeness (QED) is 0.651. The molecule has 0 aliphatic heterocycles. The van der Waals surface area contributed by atoms with Gasteiger partial charge in [-0.1, -0.05) is 42.5 Å². The Morgan fingerprint density at radius 2 is 1.75 bits per heavy atom. The minimum atomic E-state index is 0.680. The second-order valence-corrected chi connectivity index (χ2v) is 6.26. The van der Waals surface area contributed by atoms with Crippen LogP contribution in [0.3, 0.4) is 0 Å². The number of hydrogen-bond acceptors (Lipinski definition) is 3. The lowest BCUT2D eigenvalue weighted by Gasteiger charge is -2.01. The predicted molar refractivity (Wildman–Crippen MR) is 85.7 cm³/mol. The van der Waals surface area contributed by atoms with Crippen molar-refractivity contribution in [2.45, 2.75) is 19.3 Å². The second-order valence-electron chi connectivity index (χ2n) is 4.74. The van der Waals surface area contributed by atoms with Gasteiger partial charge in [0.05, 0.1) is 0 Å². The molecule has 102 valence electrons. The van der Waals surface area contributed by atoms with Crippen LogP contribution in [0.5, 0.6) is 0 Å². The Morgan fingerprint density at radius 3 is 2.60 bits per heavy atom. The van der Waals surface area contributed by atoms with Crippen molar-refractivity contribution in [2.24, 2.45) is 0 Å². The first-order valence-electron chi connectivity index (χ1n) is 6.70. The monoisotopic (exact) mass is 302 g/mol. The fraction of sp³-hybridized carbons (Fsp3) is 0.250. The van der Waals surface area contributed by atoms with Crippen LogP contribution < -0.4 is 0 Å². The fourth-order valence-corrected chi connectivity index (χ4v) is 3.26. The number of halogens is 1. The molecule has 0 unspecified atom stereocenters. The third-order valence-corrected chi connectivity index (χ3v) is 4.45. The Hall–Kier alpha value is -1.45. The summed E-state index contributed by atoms with van der Waals surface area (Å²) in [5, 5.41) is 13.2. The summed E-state index contributed by atoms with van der Waals surface area (Å²) in [5.41, 5.74) is 1.28. The largest absolute Gasteiger partial charge is 0.144 e. The summed E-state index contributed by atoms with van der Waals surface area (Å²) in [6, 6.07) is 15.0. The molecule has 0 N–H and O–H groups in total. The van der Waals surface area contributed by atoms with Gasteiger partial charge in [0, 0.05) is 18.7 Å². The van der Waals surface area contributed by atoms with Crippen molar-refractivity contribution in [3.63, 3.8) is 0 Å². The molecule has 0 aliphatic rings. The highest BCUT2D eigenvalue weighted by molar-refractivity contribution is 7.11. The maximum Gasteiger partial charge on any atom is 0.121 e. The molecular weight excluding hydrogens is 288 g/mol. The Labute approximate surface area is 127 Å². The number of alkyl halides is 1. The zero-order chi connectivity index (χ0) is 13.8. The van der Waals surface area contributed by atoms with Crippen LogP contribution in [0, 0.1) is 0 Å². The van der Waals surface area contributed by atoms with Gasteiger partial charge in [-0.2, -0.15) is 0 Å². The standard InChI is InChI=1S/C16H15ClN2S/c17-9-3-6-15-18-19-16(20-15)11-12-7-8-13-4-1-2-5-14(13)10-12/h1-2,4-5,7-8,10H,3,6,9,11H2. The number of aryl methyl sites for hydroxylation is 1. The molecule has 3 rings (SSSR count). The van der Waals surface area contributed by atoms with Gasteiger partial charge >= 0.3 is 0 Å². The zero-order valence-corrected chi connectivity index (χ0v) is 12.6. The topological polar surface area (TPSA) is 25.8 Å². The lowest BCUT2D eigenvalue weighted by molar-refractivity contribution is 0.874. The third-order valence-electron chi connectivity index (χ3n) is 3.20. The summed E-state index contributed by atoms with van der Waals surface area (Å²) >= 11 is 7.39. The molecule has 0 saturated carbocycles. The zero-order valence-electron chi connectivity index (χ0n) is 11.1. The van der Waals surface area contributed by atoms with Crippen LogP contribution in [0.15, 0.2) is 42.5 Å². The minimum absolute atomic E-state index is 0.680. The number of hydrogen-bond donors (Lipinski definition) is 0. The minimum Gasteiger partial charge on any atom is -0.144 e. The van der Waals surface area contributed by atoms with Crippen LogP contribution in [0.4, 0.5) is 0 Å². The second kappa shape index (κ2) is 6.33. The lowest BCUT2D eigenvalue weighted by Crippen LogP contribution is -1.87. The van der Waals surface area contributed by atoms with E-state index in [4.69, 9.17) is 11.6 Å². The molecule has 3 aromatic rings. The average Bonchev–Trinajstić information content (AvgIpc) is 2.92. The normalized spacial score (nSPS) is 11.1. The van der Waals surface area contributed by atoms with E-state index in [0.717, 1.165) is 29.3 Å². The van der Waals surface area contributed by atoms with Gasteiger partial charge in [-0.15, -0.1) is 33.1 Å². The number of aromatic nitrogens is 2. The molecule has 0 saturated heterocycles. The maximum absolute atomic E-state index is 5.70. The molecule has 2 nitrogen and oxygen atoms in total. The van der Waals surface area contributed by atoms with Gasteiger partial charge < -0.3 is 0 Å². The van der Waals surface area contributed by atoms with Gasteiger partial charge in [0.15, 0.2) is 0 Å². The van der Waals surface area contributed by atoms with Crippen LogP contribution in [0.2, 0.25) is 0 Å². The summed E-state index contributed by atoms with van der Waals surface area (Å²) in [7, 11) is 0. The van der Waals surface area contributed by atoms with Crippen LogP contribution in [0.1, 0.15) is 22.0 Å². The van der Waals surface area contributed by atoms with Crippen molar-refractivity contribution in [1.29, 1.82) is 0 Å². The van der Waals surface area contributed by atoms with Gasteiger partial charge in [-0.3, -0.25) is 0 Å². The third kappa shape index (κ3) is 3.17. The first kappa shape index (κ1) is 13.5. The van der Waals surface area contributed by atoms with E-state index >= 15 is 0 Å². The first-order valence-corrected chi connectivity index (χ1v) is 8.05. The van der Waals surface area contributed by atoms with Crippen molar-refractivity contribution >= 4 is 33.7 Å². The molecule has 1 heterocycles. The highest BCUT2D eigenvalue weighted by Gasteiger charge is 2.05. The van der Waals surface area contributed by atoms with Gasteiger partial charge in [-0.25, -0.2) is 0 Å². The van der Waals surface area contributed by atoms with Crippen molar-refractivity contribution < 1.29 is 0 Å². The molecule has 0 aliphatic carbocycles. The Morgan fingerprint density at radius 1 is 0.950 bits per heavy atom. The Bertz CT molecular complexity index is 708. The van der Waals surface area contributed by atoms with Crippen molar-refractivity contribution in [3.05, 3.63) is 58.0 Å². The van der Waals surface area contributed by atoms with E-state index in [0.29, 0.717) is 5.88 Å². The molecule has 0 fully saturated rings. The molecule has 1 aromatic heterocycles. The fourth-order valence-electron chi connectivity index (χ4n) is 2.20. The van der Waals surface area contributed by atoms with E-state index in [2.05, 4.69) is 52.7 Å². The molecule has 0 radical (unpaired) electrons. The molecular formula is C16H15ClN2S. The number of fused-ring (bicyclic) bond motifs is 1. The van der Waals surface area contributed by atoms with Crippen LogP contribution in [-0.4, -0.2) is 16.1 Å². The van der Waals surface area contributed by atoms with Crippen molar-refractivity contribution in [3.8, 4) is 0 Å². The van der Waals surface area contributed by atoms with E-state index in [9.17, 15) is 0 Å². The average molecular weight is 303 g/mol. The van der Waals surface area contributed by atoms with Gasteiger partial charge in [0.25, 0.3) is 0 Å². The number of nitrogens with zero attached hydrogens (tertiary/aromatic N) is 2. The summed E-state index contributed by atoms with van der Waals surface area (Å²) < 4.78 is 0. The van der Waals surface area contributed by atoms with Crippen molar-refractivity contribution in [1.82, 2.24) is 10.2 Å². The van der Waals surface area contributed by atoms with E-state index in [1.165, 1.54) is 16.3 Å². The summed E-state index contributed by atoms with van der Waals surface area (Å²) in [6.45, 7) is 0. The van der Waals surface area contributed by atoms with Crippen LogP contribution in [0.25, 0.3) is 10.8 Å². The maximum atomic E-state index is 5.70. The van der Waals surface area contributed by atoms with Crippen LogP contribution >= 0.6 is 22.9 Å². The van der Waals surface area contributed by atoms with Crippen LogP contribution in [-0.2, 0) is 12.8 Å². The van der Waals surface area contributed by atoms with E-state index in [1.54, 1.807) is 11.3 Å². The molecule has 0 spiro atoms. The summed E-state index contributed by atoms with van der Waals surface area (Å²) in [4.78, 5) is 0. The van der Waals surface area contributed by atoms with Gasteiger partial charge in [-0.05, 0) is 22.8 Å².